The molecule has 0 bridgehead atoms. The van der Waals surface area contributed by atoms with Gasteiger partial charge in [-0.25, -0.2) is 4.98 Å². The summed E-state index contributed by atoms with van der Waals surface area (Å²) in [6, 6.07) is 23.7. The van der Waals surface area contributed by atoms with Crippen molar-refractivity contribution in [3.05, 3.63) is 89.7 Å². The zero-order chi connectivity index (χ0) is 25.7. The number of aromatic nitrogens is 2. The van der Waals surface area contributed by atoms with Gasteiger partial charge in [0, 0.05) is 7.11 Å². The second-order valence-electron chi connectivity index (χ2n) is 9.12. The number of hydrogen-bond donors (Lipinski definition) is 0. The molecular formula is C30H35N3O3. The minimum atomic E-state index is -0.345. The average molecular weight is 486 g/mol. The van der Waals surface area contributed by atoms with E-state index in [0.29, 0.717) is 12.4 Å². The molecule has 0 spiro atoms. The largest absolute Gasteiger partial charge is 0.483 e. The van der Waals surface area contributed by atoms with E-state index in [9.17, 15) is 4.79 Å². The number of aryl methyl sites for hydroxylation is 2. The lowest BCUT2D eigenvalue weighted by Gasteiger charge is -2.32. The van der Waals surface area contributed by atoms with Gasteiger partial charge in [0.25, 0.3) is 0 Å². The third-order valence-electron chi connectivity index (χ3n) is 6.46. The maximum absolute atomic E-state index is 14.1. The van der Waals surface area contributed by atoms with Crippen LogP contribution in [0.15, 0.2) is 72.8 Å². The lowest BCUT2D eigenvalue weighted by Crippen LogP contribution is -2.44. The van der Waals surface area contributed by atoms with Crippen molar-refractivity contribution in [2.24, 2.45) is 0 Å². The third kappa shape index (κ3) is 5.29. The van der Waals surface area contributed by atoms with E-state index >= 15 is 0 Å². The summed E-state index contributed by atoms with van der Waals surface area (Å²) in [6.07, 6.45) is 0.490. The first-order valence-electron chi connectivity index (χ1n) is 12.5. The lowest BCUT2D eigenvalue weighted by atomic mass is 10.0. The van der Waals surface area contributed by atoms with Crippen molar-refractivity contribution in [2.45, 2.75) is 52.8 Å². The van der Waals surface area contributed by atoms with Crippen molar-refractivity contribution >= 4 is 22.6 Å². The molecule has 1 aromatic heterocycles. The van der Waals surface area contributed by atoms with Crippen molar-refractivity contribution in [3.63, 3.8) is 0 Å². The minimum Gasteiger partial charge on any atom is -0.483 e. The number of methoxy groups -OCH3 is 1. The zero-order valence-electron chi connectivity index (χ0n) is 21.8. The Bertz CT molecular complexity index is 1320. The fraction of sp³-hybridized carbons (Fsp3) is 0.333. The Labute approximate surface area is 213 Å². The Morgan fingerprint density at radius 3 is 2.44 bits per heavy atom. The van der Waals surface area contributed by atoms with Crippen molar-refractivity contribution in [3.8, 4) is 5.75 Å². The molecular weight excluding hydrogens is 450 g/mol. The Morgan fingerprint density at radius 2 is 1.72 bits per heavy atom. The number of rotatable bonds is 10. The highest BCUT2D eigenvalue weighted by Gasteiger charge is 2.28. The maximum atomic E-state index is 14.1. The second-order valence-corrected chi connectivity index (χ2v) is 9.12. The number of fused-ring (bicyclic) bond motifs is 1. The molecule has 0 saturated carbocycles. The molecule has 1 amide bonds. The summed E-state index contributed by atoms with van der Waals surface area (Å²) in [5.74, 6) is 1.46. The summed E-state index contributed by atoms with van der Waals surface area (Å²) in [5.41, 5.74) is 4.92. The molecule has 0 N–H and O–H groups in total. The quantitative estimate of drug-likeness (QED) is 0.272. The normalized spacial score (nSPS) is 12.9. The number of nitrogens with zero attached hydrogens (tertiary/aromatic N) is 3. The minimum absolute atomic E-state index is 0.0140. The van der Waals surface area contributed by atoms with Gasteiger partial charge in [0.1, 0.15) is 12.3 Å². The van der Waals surface area contributed by atoms with Crippen LogP contribution in [0.2, 0.25) is 0 Å². The lowest BCUT2D eigenvalue weighted by molar-refractivity contribution is -0.119. The first-order valence-corrected chi connectivity index (χ1v) is 12.5. The van der Waals surface area contributed by atoms with Crippen LogP contribution in [-0.4, -0.2) is 35.2 Å². The maximum Gasteiger partial charge on any atom is 0.247 e. The molecule has 2 unspecified atom stereocenters. The van der Waals surface area contributed by atoms with E-state index in [-0.39, 0.29) is 24.6 Å². The van der Waals surface area contributed by atoms with Crippen LogP contribution in [0, 0.1) is 6.92 Å². The molecule has 2 atom stereocenters. The highest BCUT2D eigenvalue weighted by Crippen LogP contribution is 2.30. The molecule has 4 aromatic rings. The van der Waals surface area contributed by atoms with Gasteiger partial charge in [0.2, 0.25) is 5.91 Å². The van der Waals surface area contributed by atoms with Crippen molar-refractivity contribution in [1.82, 2.24) is 9.55 Å². The van der Waals surface area contributed by atoms with Gasteiger partial charge in [-0.15, -0.1) is 0 Å². The molecule has 0 aliphatic carbocycles. The summed E-state index contributed by atoms with van der Waals surface area (Å²) in [5, 5.41) is 0. The zero-order valence-corrected chi connectivity index (χ0v) is 21.8. The Balaban J connectivity index is 1.75. The molecule has 0 aliphatic rings. The summed E-state index contributed by atoms with van der Waals surface area (Å²) in [6.45, 7) is 8.75. The molecule has 36 heavy (non-hydrogen) atoms. The average Bonchev–Trinajstić information content (AvgIpc) is 3.24. The SMILES string of the molecule is CCc1cccc(C)c1N(C(=O)Cn1c(C(C)Oc2ccccc2)nc2ccccc21)C(C)COC. The Hall–Kier alpha value is -3.64. The van der Waals surface area contributed by atoms with Crippen molar-refractivity contribution < 1.29 is 14.3 Å². The van der Waals surface area contributed by atoms with Crippen LogP contribution in [0.4, 0.5) is 5.69 Å². The monoisotopic (exact) mass is 485 g/mol. The molecule has 4 rings (SSSR count). The molecule has 188 valence electrons. The van der Waals surface area contributed by atoms with Gasteiger partial charge in [-0.1, -0.05) is 55.5 Å². The molecule has 1 heterocycles. The van der Waals surface area contributed by atoms with E-state index < -0.39 is 0 Å². The summed E-state index contributed by atoms with van der Waals surface area (Å²) in [4.78, 5) is 20.9. The number of para-hydroxylation sites is 4. The van der Waals surface area contributed by atoms with E-state index in [1.165, 1.54) is 0 Å². The van der Waals surface area contributed by atoms with E-state index in [0.717, 1.165) is 40.0 Å². The number of carbonyl (C=O) groups excluding carboxylic acids is 1. The number of carbonyl (C=O) groups is 1. The van der Waals surface area contributed by atoms with Gasteiger partial charge in [-0.3, -0.25) is 4.79 Å². The van der Waals surface area contributed by atoms with Crippen LogP contribution in [0.25, 0.3) is 11.0 Å². The van der Waals surface area contributed by atoms with Gasteiger partial charge in [-0.2, -0.15) is 0 Å². The number of benzene rings is 3. The van der Waals surface area contributed by atoms with Gasteiger partial charge in [0.15, 0.2) is 11.9 Å². The predicted octanol–water partition coefficient (Wildman–Crippen LogP) is 6.12. The van der Waals surface area contributed by atoms with Crippen LogP contribution in [-0.2, 0) is 22.5 Å². The molecule has 6 heteroatoms. The number of ether oxygens (including phenoxy) is 2. The molecule has 6 nitrogen and oxygen atoms in total. The van der Waals surface area contributed by atoms with Crippen LogP contribution >= 0.6 is 0 Å². The van der Waals surface area contributed by atoms with E-state index in [1.54, 1.807) is 7.11 Å². The molecule has 3 aromatic carbocycles. The van der Waals surface area contributed by atoms with E-state index in [1.807, 2.05) is 84.0 Å². The summed E-state index contributed by atoms with van der Waals surface area (Å²) in [7, 11) is 1.67. The van der Waals surface area contributed by atoms with Crippen LogP contribution in [0.3, 0.4) is 0 Å². The van der Waals surface area contributed by atoms with Crippen LogP contribution < -0.4 is 9.64 Å². The van der Waals surface area contributed by atoms with Gasteiger partial charge >= 0.3 is 0 Å². The number of hydrogen-bond acceptors (Lipinski definition) is 4. The number of amides is 1. The third-order valence-corrected chi connectivity index (χ3v) is 6.46. The molecule has 0 saturated heterocycles. The second kappa shape index (κ2) is 11.4. The Kier molecular flexibility index (Phi) is 8.06. The first-order chi connectivity index (χ1) is 17.4. The number of anilines is 1. The summed E-state index contributed by atoms with van der Waals surface area (Å²) < 4.78 is 13.7. The van der Waals surface area contributed by atoms with E-state index in [2.05, 4.69) is 26.0 Å². The standard InChI is InChI=1S/C30H35N3O3/c1-6-24-14-12-13-21(2)29(24)33(22(3)20-35-5)28(34)19-32-27-18-11-10-17-26(27)31-30(32)23(4)36-25-15-8-7-9-16-25/h7-18,22-23H,6,19-20H2,1-5H3. The van der Waals surface area contributed by atoms with Crippen molar-refractivity contribution in [1.29, 1.82) is 0 Å². The molecule has 0 radical (unpaired) electrons. The van der Waals surface area contributed by atoms with Crippen LogP contribution in [0.1, 0.15) is 43.8 Å². The molecule has 0 aliphatic heterocycles. The van der Waals surface area contributed by atoms with Crippen molar-refractivity contribution in [2.75, 3.05) is 18.6 Å². The fourth-order valence-corrected chi connectivity index (χ4v) is 4.79. The molecule has 0 fully saturated rings. The fourth-order valence-electron chi connectivity index (χ4n) is 4.79. The smallest absolute Gasteiger partial charge is 0.247 e. The van der Waals surface area contributed by atoms with Gasteiger partial charge in [0.05, 0.1) is 29.4 Å². The predicted molar refractivity (Wildman–Crippen MR) is 145 cm³/mol. The van der Waals surface area contributed by atoms with Gasteiger partial charge in [-0.05, 0) is 62.6 Å². The highest BCUT2D eigenvalue weighted by atomic mass is 16.5. The highest BCUT2D eigenvalue weighted by molar-refractivity contribution is 5.96. The topological polar surface area (TPSA) is 56.6 Å². The van der Waals surface area contributed by atoms with Gasteiger partial charge < -0.3 is 18.9 Å². The first kappa shape index (κ1) is 25.5. The Morgan fingerprint density at radius 1 is 1.00 bits per heavy atom. The summed E-state index contributed by atoms with van der Waals surface area (Å²) >= 11 is 0. The number of imidazole rings is 1. The van der Waals surface area contributed by atoms with E-state index in [4.69, 9.17) is 14.5 Å². The van der Waals surface area contributed by atoms with Crippen LogP contribution in [0.5, 0.6) is 5.75 Å².